The van der Waals surface area contributed by atoms with Gasteiger partial charge in [0.1, 0.15) is 12.0 Å². The van der Waals surface area contributed by atoms with Crippen molar-refractivity contribution < 1.29 is 13.2 Å². The molecular weight excluding hydrogens is 217 g/mol. The molecule has 0 N–H and O–H groups in total. The zero-order chi connectivity index (χ0) is 12.0. The number of unbranched alkanes of at least 4 members (excludes halogenated alkanes) is 3. The molecule has 0 amide bonds. The van der Waals surface area contributed by atoms with Gasteiger partial charge in [-0.3, -0.25) is 0 Å². The largest absolute Gasteiger partial charge is 0.433 e. The lowest BCUT2D eigenvalue weighted by atomic mass is 10.1. The number of aromatic nitrogens is 2. The standard InChI is InChI=1S/C11H15F3N2/c1-2-3-4-5-6-9-7-10(11(12,13)14)16-8-15-9/h7-8H,2-6H2,1H3. The number of aryl methyl sites for hydroxylation is 1. The molecule has 0 saturated carbocycles. The molecular formula is C11H15F3N2. The van der Waals surface area contributed by atoms with Crippen molar-refractivity contribution in [2.45, 2.75) is 45.2 Å². The number of alkyl halides is 3. The molecule has 1 aromatic heterocycles. The van der Waals surface area contributed by atoms with E-state index in [1.807, 2.05) is 0 Å². The highest BCUT2D eigenvalue weighted by Crippen LogP contribution is 2.27. The van der Waals surface area contributed by atoms with Crippen molar-refractivity contribution in [2.75, 3.05) is 0 Å². The van der Waals surface area contributed by atoms with Crippen LogP contribution in [0, 0.1) is 0 Å². The van der Waals surface area contributed by atoms with Crippen molar-refractivity contribution >= 4 is 0 Å². The van der Waals surface area contributed by atoms with E-state index in [9.17, 15) is 13.2 Å². The summed E-state index contributed by atoms with van der Waals surface area (Å²) in [7, 11) is 0. The lowest BCUT2D eigenvalue weighted by molar-refractivity contribution is -0.141. The molecule has 90 valence electrons. The fourth-order valence-electron chi connectivity index (χ4n) is 1.42. The summed E-state index contributed by atoms with van der Waals surface area (Å²) in [6.45, 7) is 2.09. The zero-order valence-electron chi connectivity index (χ0n) is 9.22. The third-order valence-electron chi connectivity index (χ3n) is 2.30. The highest BCUT2D eigenvalue weighted by molar-refractivity contribution is 5.11. The molecule has 0 aliphatic rings. The summed E-state index contributed by atoms with van der Waals surface area (Å²) >= 11 is 0. The fourth-order valence-corrected chi connectivity index (χ4v) is 1.42. The van der Waals surface area contributed by atoms with Gasteiger partial charge in [0, 0.05) is 5.69 Å². The van der Waals surface area contributed by atoms with E-state index in [2.05, 4.69) is 16.9 Å². The van der Waals surface area contributed by atoms with Crippen LogP contribution in [0.5, 0.6) is 0 Å². The first kappa shape index (κ1) is 12.9. The van der Waals surface area contributed by atoms with Gasteiger partial charge < -0.3 is 0 Å². The number of hydrogen-bond acceptors (Lipinski definition) is 2. The molecule has 0 aromatic carbocycles. The summed E-state index contributed by atoms with van der Waals surface area (Å²) in [5.74, 6) is 0. The molecule has 0 unspecified atom stereocenters. The second-order valence-electron chi connectivity index (χ2n) is 3.70. The van der Waals surface area contributed by atoms with Crippen molar-refractivity contribution in [3.05, 3.63) is 23.8 Å². The SMILES string of the molecule is CCCCCCc1cc(C(F)(F)F)ncn1. The minimum absolute atomic E-state index is 0.471. The maximum absolute atomic E-state index is 12.3. The van der Waals surface area contributed by atoms with Gasteiger partial charge in [0.05, 0.1) is 0 Å². The molecule has 0 spiro atoms. The third-order valence-corrected chi connectivity index (χ3v) is 2.30. The summed E-state index contributed by atoms with van der Waals surface area (Å²) in [4.78, 5) is 7.06. The van der Waals surface area contributed by atoms with E-state index in [0.717, 1.165) is 38.1 Å². The van der Waals surface area contributed by atoms with Gasteiger partial charge in [-0.1, -0.05) is 26.2 Å². The fraction of sp³-hybridized carbons (Fsp3) is 0.636. The Hall–Kier alpha value is -1.13. The monoisotopic (exact) mass is 232 g/mol. The summed E-state index contributed by atoms with van der Waals surface area (Å²) in [6, 6.07) is 1.03. The third kappa shape index (κ3) is 4.16. The molecule has 2 nitrogen and oxygen atoms in total. The van der Waals surface area contributed by atoms with E-state index < -0.39 is 11.9 Å². The van der Waals surface area contributed by atoms with Crippen LogP contribution in [-0.2, 0) is 12.6 Å². The highest BCUT2D eigenvalue weighted by Gasteiger charge is 2.32. The number of rotatable bonds is 5. The van der Waals surface area contributed by atoms with Gasteiger partial charge >= 0.3 is 6.18 Å². The Morgan fingerprint density at radius 3 is 2.50 bits per heavy atom. The maximum atomic E-state index is 12.3. The predicted molar refractivity (Wildman–Crippen MR) is 54.9 cm³/mol. The Kier molecular flexibility index (Phi) is 4.71. The molecule has 0 radical (unpaired) electrons. The van der Waals surface area contributed by atoms with Crippen LogP contribution in [0.25, 0.3) is 0 Å². The average Bonchev–Trinajstić information content (AvgIpc) is 2.24. The molecule has 0 bridgehead atoms. The Morgan fingerprint density at radius 1 is 1.12 bits per heavy atom. The quantitative estimate of drug-likeness (QED) is 0.724. The Labute approximate surface area is 92.9 Å². The van der Waals surface area contributed by atoms with E-state index in [-0.39, 0.29) is 0 Å². The first-order chi connectivity index (χ1) is 7.54. The molecule has 1 rings (SSSR count). The van der Waals surface area contributed by atoms with Crippen molar-refractivity contribution in [3.63, 3.8) is 0 Å². The molecule has 5 heteroatoms. The second-order valence-corrected chi connectivity index (χ2v) is 3.70. The van der Waals surface area contributed by atoms with Crippen LogP contribution < -0.4 is 0 Å². The van der Waals surface area contributed by atoms with Crippen molar-refractivity contribution in [1.82, 2.24) is 9.97 Å². The Morgan fingerprint density at radius 2 is 1.88 bits per heavy atom. The van der Waals surface area contributed by atoms with Crippen LogP contribution in [0.3, 0.4) is 0 Å². The Balaban J connectivity index is 2.54. The van der Waals surface area contributed by atoms with Crippen molar-refractivity contribution in [1.29, 1.82) is 0 Å². The molecule has 1 aromatic rings. The van der Waals surface area contributed by atoms with E-state index >= 15 is 0 Å². The van der Waals surface area contributed by atoms with Gasteiger partial charge in [0.15, 0.2) is 0 Å². The topological polar surface area (TPSA) is 25.8 Å². The summed E-state index contributed by atoms with van der Waals surface area (Å²) in [6.07, 6.45) is 1.32. The molecule has 0 saturated heterocycles. The van der Waals surface area contributed by atoms with Gasteiger partial charge in [-0.25, -0.2) is 9.97 Å². The summed E-state index contributed by atoms with van der Waals surface area (Å²) in [5.41, 5.74) is -0.383. The predicted octanol–water partition coefficient (Wildman–Crippen LogP) is 3.62. The van der Waals surface area contributed by atoms with Crippen LogP contribution >= 0.6 is 0 Å². The van der Waals surface area contributed by atoms with Crippen molar-refractivity contribution in [3.8, 4) is 0 Å². The van der Waals surface area contributed by atoms with Crippen LogP contribution in [0.2, 0.25) is 0 Å². The smallest absolute Gasteiger partial charge is 0.241 e. The van der Waals surface area contributed by atoms with Gasteiger partial charge in [0.25, 0.3) is 0 Å². The molecule has 0 atom stereocenters. The van der Waals surface area contributed by atoms with Crippen LogP contribution in [-0.4, -0.2) is 9.97 Å². The molecule has 16 heavy (non-hydrogen) atoms. The van der Waals surface area contributed by atoms with E-state index in [4.69, 9.17) is 0 Å². The van der Waals surface area contributed by atoms with Gasteiger partial charge in [0.2, 0.25) is 0 Å². The lowest BCUT2D eigenvalue weighted by Gasteiger charge is -2.06. The molecule has 0 aliphatic carbocycles. The number of halogens is 3. The first-order valence-electron chi connectivity index (χ1n) is 5.42. The molecule has 0 fully saturated rings. The summed E-state index contributed by atoms with van der Waals surface area (Å²) < 4.78 is 37.0. The zero-order valence-corrected chi connectivity index (χ0v) is 9.22. The maximum Gasteiger partial charge on any atom is 0.433 e. The van der Waals surface area contributed by atoms with E-state index in [1.165, 1.54) is 0 Å². The molecule has 1 heterocycles. The van der Waals surface area contributed by atoms with Gasteiger partial charge in [-0.15, -0.1) is 0 Å². The number of nitrogens with zero attached hydrogens (tertiary/aromatic N) is 2. The minimum atomic E-state index is -4.37. The van der Waals surface area contributed by atoms with Crippen LogP contribution in [0.4, 0.5) is 13.2 Å². The lowest BCUT2D eigenvalue weighted by Crippen LogP contribution is -2.09. The van der Waals surface area contributed by atoms with Crippen LogP contribution in [0.15, 0.2) is 12.4 Å². The Bertz CT molecular complexity index is 323. The highest BCUT2D eigenvalue weighted by atomic mass is 19.4. The minimum Gasteiger partial charge on any atom is -0.241 e. The normalized spacial score (nSPS) is 11.8. The van der Waals surface area contributed by atoms with E-state index in [0.29, 0.717) is 12.1 Å². The van der Waals surface area contributed by atoms with E-state index in [1.54, 1.807) is 0 Å². The van der Waals surface area contributed by atoms with Gasteiger partial charge in [-0.2, -0.15) is 13.2 Å². The number of hydrogen-bond donors (Lipinski definition) is 0. The second kappa shape index (κ2) is 5.82. The average molecular weight is 232 g/mol. The first-order valence-corrected chi connectivity index (χ1v) is 5.42. The van der Waals surface area contributed by atoms with Gasteiger partial charge in [-0.05, 0) is 18.9 Å². The summed E-state index contributed by atoms with van der Waals surface area (Å²) in [5, 5.41) is 0. The molecule has 0 aliphatic heterocycles. The van der Waals surface area contributed by atoms with Crippen molar-refractivity contribution in [2.24, 2.45) is 0 Å². The van der Waals surface area contributed by atoms with Crippen LogP contribution in [0.1, 0.15) is 44.0 Å².